The molecule has 3 nitrogen and oxygen atoms in total. The molecule has 0 atom stereocenters. The van der Waals surface area contributed by atoms with Gasteiger partial charge >= 0.3 is 0 Å². The minimum Gasteiger partial charge on any atom is -0.320 e. The van der Waals surface area contributed by atoms with E-state index in [9.17, 15) is 0 Å². The maximum atomic E-state index is 2.55. The highest BCUT2D eigenvalue weighted by atomic mass is 15.2. The smallest absolute Gasteiger partial charge is 0.275 e. The minimum atomic E-state index is 0.142. The quantitative estimate of drug-likeness (QED) is 0.193. The van der Waals surface area contributed by atoms with Crippen molar-refractivity contribution < 1.29 is 0 Å². The molecule has 0 unspecified atom stereocenters. The van der Waals surface area contributed by atoms with Gasteiger partial charge in [0, 0.05) is 44.8 Å². The molecule has 11 rings (SSSR count). The number of anilines is 6. The molecule has 7 aromatic carbocycles. The van der Waals surface area contributed by atoms with Crippen molar-refractivity contribution in [1.29, 1.82) is 0 Å². The lowest BCUT2D eigenvalue weighted by molar-refractivity contribution is 1.19. The van der Waals surface area contributed by atoms with Crippen molar-refractivity contribution in [1.82, 2.24) is 4.57 Å². The molecule has 4 heteroatoms. The van der Waals surface area contributed by atoms with E-state index in [2.05, 4.69) is 172 Å². The van der Waals surface area contributed by atoms with Crippen molar-refractivity contribution in [3.63, 3.8) is 0 Å². The number of hydrogen-bond donors (Lipinski definition) is 0. The monoisotopic (exact) mass is 583 g/mol. The Morgan fingerprint density at radius 1 is 0.413 bits per heavy atom. The Kier molecular flexibility index (Phi) is 4.66. The highest BCUT2D eigenvalue weighted by Gasteiger charge is 2.51. The van der Waals surface area contributed by atoms with E-state index in [0.717, 1.165) is 0 Å². The summed E-state index contributed by atoms with van der Waals surface area (Å²) in [6.07, 6.45) is 0. The van der Waals surface area contributed by atoms with Gasteiger partial charge in [-0.3, -0.25) is 0 Å². The first-order valence-electron chi connectivity index (χ1n) is 16.0. The third-order valence-corrected chi connectivity index (χ3v) is 10.3. The van der Waals surface area contributed by atoms with E-state index in [1.807, 2.05) is 0 Å². The highest BCUT2D eigenvalue weighted by molar-refractivity contribution is 7.02. The molecule has 1 aromatic heterocycles. The molecule has 0 bridgehead atoms. The van der Waals surface area contributed by atoms with Gasteiger partial charge in [0.2, 0.25) is 0 Å². The molecule has 3 aliphatic rings. The molecular weight excluding hydrogens is 557 g/mol. The number of hydrogen-bond acceptors (Lipinski definition) is 2. The standard InChI is InChI=1S/C42H26BN3/c1-3-12-27(13-4-1)28-22-24-31(25-23-28)44-35-20-11-21-36-38(35)43-39-37(26-29-14-7-8-17-32(29)40(39)44)45(30-15-5-2-6-16-30)41-33-18-9-10-19-34(33)46(36)42(41)43/h1-26H. The number of rotatable bonds is 3. The normalized spacial score (nSPS) is 13.5. The Labute approximate surface area is 267 Å². The van der Waals surface area contributed by atoms with Gasteiger partial charge < -0.3 is 14.4 Å². The summed E-state index contributed by atoms with van der Waals surface area (Å²) >= 11 is 0. The van der Waals surface area contributed by atoms with Crippen molar-refractivity contribution >= 4 is 79.0 Å². The second-order valence-electron chi connectivity index (χ2n) is 12.5. The van der Waals surface area contributed by atoms with Crippen LogP contribution in [0.4, 0.5) is 34.1 Å². The highest BCUT2D eigenvalue weighted by Crippen LogP contribution is 2.51. The van der Waals surface area contributed by atoms with E-state index in [0.29, 0.717) is 0 Å². The van der Waals surface area contributed by atoms with Crippen LogP contribution in [0.5, 0.6) is 0 Å². The van der Waals surface area contributed by atoms with Gasteiger partial charge in [0.15, 0.2) is 0 Å². The van der Waals surface area contributed by atoms with E-state index < -0.39 is 0 Å². The summed E-state index contributed by atoms with van der Waals surface area (Å²) in [5.74, 6) is 0. The zero-order valence-electron chi connectivity index (χ0n) is 24.9. The number of aromatic nitrogens is 1. The minimum absolute atomic E-state index is 0.142. The van der Waals surface area contributed by atoms with Gasteiger partial charge in [0.05, 0.1) is 16.9 Å². The number of fused-ring (bicyclic) bond motifs is 6. The molecule has 0 saturated carbocycles. The lowest BCUT2D eigenvalue weighted by Crippen LogP contribution is -2.59. The second kappa shape index (κ2) is 8.80. The average Bonchev–Trinajstić information content (AvgIpc) is 3.65. The van der Waals surface area contributed by atoms with Crippen LogP contribution in [0.1, 0.15) is 0 Å². The van der Waals surface area contributed by atoms with Gasteiger partial charge in [-0.25, -0.2) is 0 Å². The Balaban J connectivity index is 1.29. The van der Waals surface area contributed by atoms with Crippen LogP contribution < -0.4 is 26.3 Å². The van der Waals surface area contributed by atoms with Crippen LogP contribution in [-0.2, 0) is 0 Å². The largest absolute Gasteiger partial charge is 0.320 e. The van der Waals surface area contributed by atoms with Crippen molar-refractivity contribution in [3.05, 3.63) is 158 Å². The first kappa shape index (κ1) is 24.3. The zero-order chi connectivity index (χ0) is 29.9. The topological polar surface area (TPSA) is 11.4 Å². The summed E-state index contributed by atoms with van der Waals surface area (Å²) in [5.41, 5.74) is 16.6. The van der Waals surface area contributed by atoms with E-state index in [1.54, 1.807) is 0 Å². The van der Waals surface area contributed by atoms with Gasteiger partial charge in [0.1, 0.15) is 0 Å². The predicted molar refractivity (Wildman–Crippen MR) is 194 cm³/mol. The summed E-state index contributed by atoms with van der Waals surface area (Å²) in [7, 11) is 0. The SMILES string of the molecule is c1ccc(-c2ccc(N3c4cccc5c4B4c6c(cc7ccccc7c63)N(c3ccccc3)c3c4n-5c4ccccc34)cc2)cc1. The zero-order valence-corrected chi connectivity index (χ0v) is 24.9. The van der Waals surface area contributed by atoms with Crippen molar-refractivity contribution in [2.75, 3.05) is 9.80 Å². The van der Waals surface area contributed by atoms with Crippen molar-refractivity contribution in [2.45, 2.75) is 0 Å². The van der Waals surface area contributed by atoms with Gasteiger partial charge in [-0.1, -0.05) is 109 Å². The maximum absolute atomic E-state index is 2.55. The molecule has 0 amide bonds. The van der Waals surface area contributed by atoms with Crippen LogP contribution in [0.15, 0.2) is 158 Å². The Bertz CT molecular complexity index is 2530. The van der Waals surface area contributed by atoms with Crippen LogP contribution in [0.3, 0.4) is 0 Å². The number of nitrogens with zero attached hydrogens (tertiary/aromatic N) is 3. The lowest BCUT2D eigenvalue weighted by Gasteiger charge is -2.42. The second-order valence-corrected chi connectivity index (χ2v) is 12.5. The summed E-state index contributed by atoms with van der Waals surface area (Å²) < 4.78 is 2.55. The van der Waals surface area contributed by atoms with E-state index in [-0.39, 0.29) is 6.71 Å². The first-order valence-corrected chi connectivity index (χ1v) is 16.0. The fourth-order valence-corrected chi connectivity index (χ4v) is 8.48. The maximum Gasteiger partial charge on any atom is 0.275 e. The summed E-state index contributed by atoms with van der Waals surface area (Å²) in [6.45, 7) is 0.142. The molecule has 212 valence electrons. The molecule has 4 heterocycles. The molecule has 8 aromatic rings. The van der Waals surface area contributed by atoms with Crippen LogP contribution >= 0.6 is 0 Å². The summed E-state index contributed by atoms with van der Waals surface area (Å²) in [5, 5.41) is 3.81. The van der Waals surface area contributed by atoms with Crippen LogP contribution in [0.25, 0.3) is 38.5 Å². The van der Waals surface area contributed by atoms with Gasteiger partial charge in [-0.05, 0) is 76.0 Å². The number of para-hydroxylation sites is 2. The van der Waals surface area contributed by atoms with Gasteiger partial charge in [0.25, 0.3) is 6.71 Å². The molecule has 3 aliphatic heterocycles. The molecule has 0 fully saturated rings. The van der Waals surface area contributed by atoms with Crippen molar-refractivity contribution in [2.24, 2.45) is 0 Å². The van der Waals surface area contributed by atoms with Crippen LogP contribution in [0.2, 0.25) is 0 Å². The third kappa shape index (κ3) is 2.99. The fraction of sp³-hybridized carbons (Fsp3) is 0. The number of benzene rings is 7. The molecule has 0 N–H and O–H groups in total. The summed E-state index contributed by atoms with van der Waals surface area (Å²) in [6, 6.07) is 57.9. The van der Waals surface area contributed by atoms with Gasteiger partial charge in [-0.15, -0.1) is 0 Å². The summed E-state index contributed by atoms with van der Waals surface area (Å²) in [4.78, 5) is 5.07. The fourth-order valence-electron chi connectivity index (χ4n) is 8.48. The van der Waals surface area contributed by atoms with Crippen LogP contribution in [0, 0.1) is 0 Å². The Hall–Kier alpha value is -6.00. The molecular formula is C42H26BN3. The third-order valence-electron chi connectivity index (χ3n) is 10.3. The van der Waals surface area contributed by atoms with Crippen LogP contribution in [-0.4, -0.2) is 11.3 Å². The van der Waals surface area contributed by atoms with E-state index >= 15 is 0 Å². The molecule has 0 aliphatic carbocycles. The molecule has 0 spiro atoms. The van der Waals surface area contributed by atoms with E-state index in [4.69, 9.17) is 0 Å². The lowest BCUT2D eigenvalue weighted by atomic mass is 9.36. The first-order chi connectivity index (χ1) is 22.9. The Morgan fingerprint density at radius 3 is 1.87 bits per heavy atom. The van der Waals surface area contributed by atoms with E-state index in [1.165, 1.54) is 89.1 Å². The predicted octanol–water partition coefficient (Wildman–Crippen LogP) is 8.85. The average molecular weight is 584 g/mol. The van der Waals surface area contributed by atoms with Gasteiger partial charge in [-0.2, -0.15) is 0 Å². The Morgan fingerprint density at radius 2 is 1.04 bits per heavy atom. The van der Waals surface area contributed by atoms with Crippen molar-refractivity contribution in [3.8, 4) is 16.8 Å². The molecule has 0 saturated heterocycles. The molecule has 0 radical (unpaired) electrons. The molecule has 46 heavy (non-hydrogen) atoms.